The molecular weight excluding hydrogens is 230 g/mol. The number of hydrogen-bond acceptors (Lipinski definition) is 3. The molecule has 0 aliphatic rings. The van der Waals surface area contributed by atoms with Crippen LogP contribution in [0.5, 0.6) is 0 Å². The summed E-state index contributed by atoms with van der Waals surface area (Å²) in [5.41, 5.74) is 1.04. The second-order valence-electron chi connectivity index (χ2n) is 4.58. The van der Waals surface area contributed by atoms with Gasteiger partial charge in [-0.3, -0.25) is 4.79 Å². The standard InChI is InChI=1S/C14H21NO3/c1-11(2)13(8-16)15-14(17)10-18-9-12-6-4-3-5-7-12/h3-7,11,13,16H,8-10H2,1-2H3,(H,15,17)/t13-/m1/s1. The summed E-state index contributed by atoms with van der Waals surface area (Å²) >= 11 is 0. The molecule has 1 rings (SSSR count). The molecule has 0 fully saturated rings. The second-order valence-corrected chi connectivity index (χ2v) is 4.58. The normalized spacial score (nSPS) is 12.4. The van der Waals surface area contributed by atoms with Gasteiger partial charge in [0.2, 0.25) is 5.91 Å². The highest BCUT2D eigenvalue weighted by atomic mass is 16.5. The van der Waals surface area contributed by atoms with Crippen LogP contribution in [0.4, 0.5) is 0 Å². The molecule has 18 heavy (non-hydrogen) atoms. The van der Waals surface area contributed by atoms with Gasteiger partial charge in [-0.25, -0.2) is 0 Å². The van der Waals surface area contributed by atoms with Crippen LogP contribution in [-0.4, -0.2) is 30.3 Å². The number of carbonyl (C=O) groups is 1. The van der Waals surface area contributed by atoms with E-state index >= 15 is 0 Å². The lowest BCUT2D eigenvalue weighted by molar-refractivity contribution is -0.127. The van der Waals surface area contributed by atoms with Crippen LogP contribution in [0.1, 0.15) is 19.4 Å². The van der Waals surface area contributed by atoms with Gasteiger partial charge in [0, 0.05) is 0 Å². The van der Waals surface area contributed by atoms with E-state index in [1.165, 1.54) is 0 Å². The van der Waals surface area contributed by atoms with Crippen LogP contribution < -0.4 is 5.32 Å². The minimum absolute atomic E-state index is 0.0120. The Morgan fingerprint density at radius 2 is 2.00 bits per heavy atom. The third-order valence-corrected chi connectivity index (χ3v) is 2.69. The van der Waals surface area contributed by atoms with E-state index in [1.54, 1.807) is 0 Å². The summed E-state index contributed by atoms with van der Waals surface area (Å²) in [5.74, 6) is 0.00625. The summed E-state index contributed by atoms with van der Waals surface area (Å²) in [6.45, 7) is 4.28. The molecule has 0 aromatic heterocycles. The monoisotopic (exact) mass is 251 g/mol. The van der Waals surface area contributed by atoms with Gasteiger partial charge in [0.25, 0.3) is 0 Å². The molecular formula is C14H21NO3. The lowest BCUT2D eigenvalue weighted by atomic mass is 10.1. The van der Waals surface area contributed by atoms with E-state index in [-0.39, 0.29) is 31.1 Å². The first kappa shape index (κ1) is 14.7. The molecule has 4 heteroatoms. The Morgan fingerprint density at radius 1 is 1.33 bits per heavy atom. The van der Waals surface area contributed by atoms with E-state index in [1.807, 2.05) is 44.2 Å². The number of aliphatic hydroxyl groups excluding tert-OH is 1. The summed E-state index contributed by atoms with van der Waals surface area (Å²) in [6.07, 6.45) is 0. The predicted molar refractivity (Wildman–Crippen MR) is 70.0 cm³/mol. The smallest absolute Gasteiger partial charge is 0.246 e. The maximum Gasteiger partial charge on any atom is 0.246 e. The molecule has 0 heterocycles. The van der Waals surface area contributed by atoms with Gasteiger partial charge in [-0.15, -0.1) is 0 Å². The molecule has 1 atom stereocenters. The molecule has 1 amide bonds. The highest BCUT2D eigenvalue weighted by Gasteiger charge is 2.14. The molecule has 0 unspecified atom stereocenters. The SMILES string of the molecule is CC(C)[C@@H](CO)NC(=O)COCc1ccccc1. The van der Waals surface area contributed by atoms with Crippen molar-refractivity contribution in [3.63, 3.8) is 0 Å². The highest BCUT2D eigenvalue weighted by Crippen LogP contribution is 2.02. The van der Waals surface area contributed by atoms with Gasteiger partial charge in [0.05, 0.1) is 19.3 Å². The largest absolute Gasteiger partial charge is 0.394 e. The molecule has 0 aliphatic heterocycles. The van der Waals surface area contributed by atoms with Crippen LogP contribution in [0.25, 0.3) is 0 Å². The molecule has 2 N–H and O–H groups in total. The van der Waals surface area contributed by atoms with Crippen LogP contribution in [0.2, 0.25) is 0 Å². The quantitative estimate of drug-likeness (QED) is 0.768. The number of aliphatic hydroxyl groups is 1. The Hall–Kier alpha value is -1.39. The molecule has 0 spiro atoms. The molecule has 0 radical (unpaired) electrons. The fourth-order valence-corrected chi connectivity index (χ4v) is 1.51. The Morgan fingerprint density at radius 3 is 2.56 bits per heavy atom. The summed E-state index contributed by atoms with van der Waals surface area (Å²) in [6, 6.07) is 9.48. The van der Waals surface area contributed by atoms with Gasteiger partial charge in [-0.1, -0.05) is 44.2 Å². The summed E-state index contributed by atoms with van der Waals surface area (Å²) in [4.78, 5) is 11.6. The van der Waals surface area contributed by atoms with Crippen molar-refractivity contribution in [3.05, 3.63) is 35.9 Å². The molecule has 100 valence electrons. The van der Waals surface area contributed by atoms with Gasteiger partial charge < -0.3 is 15.2 Å². The van der Waals surface area contributed by atoms with E-state index in [9.17, 15) is 4.79 Å². The van der Waals surface area contributed by atoms with E-state index in [2.05, 4.69) is 5.32 Å². The fraction of sp³-hybridized carbons (Fsp3) is 0.500. The third kappa shape index (κ3) is 5.29. The van der Waals surface area contributed by atoms with E-state index in [0.717, 1.165) is 5.56 Å². The van der Waals surface area contributed by atoms with E-state index in [4.69, 9.17) is 9.84 Å². The zero-order chi connectivity index (χ0) is 13.4. The van der Waals surface area contributed by atoms with Crippen molar-refractivity contribution in [1.82, 2.24) is 5.32 Å². The van der Waals surface area contributed by atoms with Crippen molar-refractivity contribution < 1.29 is 14.6 Å². The van der Waals surface area contributed by atoms with Crippen molar-refractivity contribution in [2.75, 3.05) is 13.2 Å². The van der Waals surface area contributed by atoms with Crippen LogP contribution in [0, 0.1) is 5.92 Å². The number of amides is 1. The average Bonchev–Trinajstić information content (AvgIpc) is 2.37. The van der Waals surface area contributed by atoms with E-state index < -0.39 is 0 Å². The van der Waals surface area contributed by atoms with Crippen molar-refractivity contribution in [1.29, 1.82) is 0 Å². The molecule has 1 aromatic rings. The lowest BCUT2D eigenvalue weighted by Crippen LogP contribution is -2.42. The minimum Gasteiger partial charge on any atom is -0.394 e. The molecule has 0 saturated heterocycles. The first-order chi connectivity index (χ1) is 8.63. The number of hydrogen-bond donors (Lipinski definition) is 2. The summed E-state index contributed by atoms with van der Waals surface area (Å²) in [7, 11) is 0. The van der Waals surface area contributed by atoms with Crippen LogP contribution >= 0.6 is 0 Å². The average molecular weight is 251 g/mol. The minimum atomic E-state index is -0.210. The van der Waals surface area contributed by atoms with Crippen LogP contribution in [0.3, 0.4) is 0 Å². The van der Waals surface area contributed by atoms with Gasteiger partial charge in [0.15, 0.2) is 0 Å². The van der Waals surface area contributed by atoms with Gasteiger partial charge in [-0.2, -0.15) is 0 Å². The molecule has 4 nitrogen and oxygen atoms in total. The summed E-state index contributed by atoms with van der Waals surface area (Å²) in [5, 5.41) is 11.8. The first-order valence-electron chi connectivity index (χ1n) is 6.15. The Labute approximate surface area is 108 Å². The van der Waals surface area contributed by atoms with Crippen molar-refractivity contribution >= 4 is 5.91 Å². The van der Waals surface area contributed by atoms with Gasteiger partial charge in [0.1, 0.15) is 6.61 Å². The molecule has 0 saturated carbocycles. The van der Waals surface area contributed by atoms with Crippen LogP contribution in [0.15, 0.2) is 30.3 Å². The molecule has 1 aromatic carbocycles. The first-order valence-corrected chi connectivity index (χ1v) is 6.15. The molecule has 0 aliphatic carbocycles. The van der Waals surface area contributed by atoms with Gasteiger partial charge >= 0.3 is 0 Å². The predicted octanol–water partition coefficient (Wildman–Crippen LogP) is 1.34. The lowest BCUT2D eigenvalue weighted by Gasteiger charge is -2.19. The maximum absolute atomic E-state index is 11.6. The Balaban J connectivity index is 2.25. The Kier molecular flexibility index (Phi) is 6.39. The number of benzene rings is 1. The van der Waals surface area contributed by atoms with Crippen molar-refractivity contribution in [3.8, 4) is 0 Å². The number of nitrogens with one attached hydrogen (secondary N) is 1. The third-order valence-electron chi connectivity index (χ3n) is 2.69. The fourth-order valence-electron chi connectivity index (χ4n) is 1.51. The van der Waals surface area contributed by atoms with Gasteiger partial charge in [-0.05, 0) is 11.5 Å². The highest BCUT2D eigenvalue weighted by molar-refractivity contribution is 5.77. The van der Waals surface area contributed by atoms with E-state index in [0.29, 0.717) is 6.61 Å². The summed E-state index contributed by atoms with van der Waals surface area (Å²) < 4.78 is 5.31. The maximum atomic E-state index is 11.6. The van der Waals surface area contributed by atoms with Crippen LogP contribution in [-0.2, 0) is 16.1 Å². The van der Waals surface area contributed by atoms with Crippen molar-refractivity contribution in [2.24, 2.45) is 5.92 Å². The molecule has 0 bridgehead atoms. The zero-order valence-corrected chi connectivity index (χ0v) is 10.9. The topological polar surface area (TPSA) is 58.6 Å². The van der Waals surface area contributed by atoms with Crippen molar-refractivity contribution in [2.45, 2.75) is 26.5 Å². The zero-order valence-electron chi connectivity index (χ0n) is 10.9. The second kappa shape index (κ2) is 7.84. The number of ether oxygens (including phenoxy) is 1. The number of carbonyl (C=O) groups excluding carboxylic acids is 1. The number of rotatable bonds is 7. The Bertz CT molecular complexity index is 351.